The number of fused-ring (bicyclic) bond motifs is 1. The Hall–Kier alpha value is -0.570. The first kappa shape index (κ1) is 13.5. The summed E-state index contributed by atoms with van der Waals surface area (Å²) in [6.07, 6.45) is 3.75. The molecule has 2 atom stereocenters. The molecule has 0 heterocycles. The van der Waals surface area contributed by atoms with Crippen molar-refractivity contribution in [3.63, 3.8) is 0 Å². The molecule has 16 heavy (non-hydrogen) atoms. The maximum Gasteiger partial charge on any atom is 0.0323 e. The predicted octanol–water partition coefficient (Wildman–Crippen LogP) is 2.42. The summed E-state index contributed by atoms with van der Waals surface area (Å²) >= 11 is 0. The van der Waals surface area contributed by atoms with Crippen molar-refractivity contribution in [1.82, 2.24) is 5.32 Å². The van der Waals surface area contributed by atoms with Gasteiger partial charge >= 0.3 is 0 Å². The molecule has 1 aliphatic carbocycles. The van der Waals surface area contributed by atoms with Crippen molar-refractivity contribution in [2.24, 2.45) is 5.73 Å². The Bertz CT molecular complexity index is 325. The fraction of sp³-hybridized carbons (Fsp3) is 0.538. The molecule has 1 aliphatic rings. The molecule has 90 valence electrons. The minimum atomic E-state index is 0. The monoisotopic (exact) mass is 240 g/mol. The number of hydrogen-bond acceptors (Lipinski definition) is 2. The lowest BCUT2D eigenvalue weighted by Gasteiger charge is -2.27. The Kier molecular flexibility index (Phi) is 5.26. The average molecular weight is 241 g/mol. The van der Waals surface area contributed by atoms with Crippen LogP contribution in [-0.4, -0.2) is 12.6 Å². The third kappa shape index (κ3) is 3.21. The molecule has 3 N–H and O–H groups in total. The molecular formula is C13H21ClN2. The zero-order valence-electron chi connectivity index (χ0n) is 9.78. The van der Waals surface area contributed by atoms with E-state index in [-0.39, 0.29) is 18.4 Å². The van der Waals surface area contributed by atoms with Crippen molar-refractivity contribution < 1.29 is 0 Å². The van der Waals surface area contributed by atoms with E-state index in [0.29, 0.717) is 6.04 Å². The smallest absolute Gasteiger partial charge is 0.0323 e. The molecule has 2 nitrogen and oxygen atoms in total. The third-order valence-electron chi connectivity index (χ3n) is 3.06. The highest BCUT2D eigenvalue weighted by Gasteiger charge is 2.18. The van der Waals surface area contributed by atoms with E-state index in [2.05, 4.69) is 29.6 Å². The summed E-state index contributed by atoms with van der Waals surface area (Å²) in [6, 6.07) is 9.50. The van der Waals surface area contributed by atoms with Crippen LogP contribution < -0.4 is 11.1 Å². The van der Waals surface area contributed by atoms with Gasteiger partial charge in [-0.15, -0.1) is 12.4 Å². The van der Waals surface area contributed by atoms with Crippen LogP contribution in [0.1, 0.15) is 36.9 Å². The number of nitrogens with one attached hydrogen (secondary N) is 1. The summed E-state index contributed by atoms with van der Waals surface area (Å²) in [6.45, 7) is 2.95. The molecule has 1 aromatic carbocycles. The van der Waals surface area contributed by atoms with Gasteiger partial charge in [-0.25, -0.2) is 0 Å². The van der Waals surface area contributed by atoms with Gasteiger partial charge in [-0.1, -0.05) is 24.3 Å². The van der Waals surface area contributed by atoms with E-state index >= 15 is 0 Å². The summed E-state index contributed by atoms with van der Waals surface area (Å²) in [7, 11) is 0. The lowest BCUT2D eigenvalue weighted by Crippen LogP contribution is -2.35. The highest BCUT2D eigenvalue weighted by atomic mass is 35.5. The Morgan fingerprint density at radius 2 is 2.19 bits per heavy atom. The molecule has 0 bridgehead atoms. The molecule has 0 aliphatic heterocycles. The van der Waals surface area contributed by atoms with E-state index < -0.39 is 0 Å². The molecular weight excluding hydrogens is 220 g/mol. The minimum Gasteiger partial charge on any atom is -0.327 e. The Labute approximate surface area is 104 Å². The molecule has 2 unspecified atom stereocenters. The summed E-state index contributed by atoms with van der Waals surface area (Å²) in [5.41, 5.74) is 8.75. The van der Waals surface area contributed by atoms with Gasteiger partial charge in [0, 0.05) is 18.6 Å². The van der Waals surface area contributed by atoms with Crippen LogP contribution in [0.25, 0.3) is 0 Å². The highest BCUT2D eigenvalue weighted by molar-refractivity contribution is 5.85. The molecule has 0 saturated carbocycles. The van der Waals surface area contributed by atoms with Gasteiger partial charge in [0.25, 0.3) is 0 Å². The van der Waals surface area contributed by atoms with Gasteiger partial charge in [-0.05, 0) is 37.3 Å². The number of rotatable bonds is 3. The summed E-state index contributed by atoms with van der Waals surface area (Å²) < 4.78 is 0. The first-order valence-corrected chi connectivity index (χ1v) is 5.84. The van der Waals surface area contributed by atoms with Crippen LogP contribution in [0.2, 0.25) is 0 Å². The van der Waals surface area contributed by atoms with Crippen molar-refractivity contribution in [3.05, 3.63) is 35.4 Å². The fourth-order valence-corrected chi connectivity index (χ4v) is 2.29. The SMILES string of the molecule is CC(N)CNC1CCCc2ccccc21.Cl. The van der Waals surface area contributed by atoms with Gasteiger partial charge in [0.1, 0.15) is 0 Å². The molecule has 3 heteroatoms. The van der Waals surface area contributed by atoms with Crippen molar-refractivity contribution in [3.8, 4) is 0 Å². The summed E-state index contributed by atoms with van der Waals surface area (Å²) in [5.74, 6) is 0. The van der Waals surface area contributed by atoms with E-state index in [0.717, 1.165) is 6.54 Å². The third-order valence-corrected chi connectivity index (χ3v) is 3.06. The summed E-state index contributed by atoms with van der Waals surface area (Å²) in [5, 5.41) is 3.55. The normalized spacial score (nSPS) is 20.8. The molecule has 0 fully saturated rings. The van der Waals surface area contributed by atoms with Crippen LogP contribution >= 0.6 is 12.4 Å². The van der Waals surface area contributed by atoms with Crippen LogP contribution in [0, 0.1) is 0 Å². The van der Waals surface area contributed by atoms with Gasteiger partial charge in [-0.2, -0.15) is 0 Å². The van der Waals surface area contributed by atoms with Crippen LogP contribution in [0.4, 0.5) is 0 Å². The standard InChI is InChI=1S/C13H20N2.ClH/c1-10(14)9-15-13-8-4-6-11-5-2-3-7-12(11)13;/h2-3,5,7,10,13,15H,4,6,8-9,14H2,1H3;1H. The lowest BCUT2D eigenvalue weighted by atomic mass is 9.88. The molecule has 0 spiro atoms. The van der Waals surface area contributed by atoms with E-state index in [1.807, 2.05) is 6.92 Å². The zero-order chi connectivity index (χ0) is 10.7. The van der Waals surface area contributed by atoms with E-state index in [9.17, 15) is 0 Å². The maximum absolute atomic E-state index is 5.77. The number of nitrogens with two attached hydrogens (primary N) is 1. The number of aryl methyl sites for hydroxylation is 1. The van der Waals surface area contributed by atoms with Gasteiger partial charge in [0.15, 0.2) is 0 Å². The van der Waals surface area contributed by atoms with Gasteiger partial charge < -0.3 is 11.1 Å². The van der Waals surface area contributed by atoms with E-state index in [4.69, 9.17) is 5.73 Å². The van der Waals surface area contributed by atoms with Crippen LogP contribution in [0.3, 0.4) is 0 Å². The molecule has 0 saturated heterocycles. The largest absolute Gasteiger partial charge is 0.327 e. The fourth-order valence-electron chi connectivity index (χ4n) is 2.29. The lowest BCUT2D eigenvalue weighted by molar-refractivity contribution is 0.445. The molecule has 0 aromatic heterocycles. The second-order valence-corrected chi connectivity index (χ2v) is 4.53. The summed E-state index contributed by atoms with van der Waals surface area (Å²) in [4.78, 5) is 0. The van der Waals surface area contributed by atoms with E-state index in [1.54, 1.807) is 0 Å². The number of hydrogen-bond donors (Lipinski definition) is 2. The first-order chi connectivity index (χ1) is 7.27. The topological polar surface area (TPSA) is 38.0 Å². The second-order valence-electron chi connectivity index (χ2n) is 4.53. The highest BCUT2D eigenvalue weighted by Crippen LogP contribution is 2.29. The van der Waals surface area contributed by atoms with Gasteiger partial charge in [0.2, 0.25) is 0 Å². The minimum absolute atomic E-state index is 0. The van der Waals surface area contributed by atoms with Crippen molar-refractivity contribution in [2.75, 3.05) is 6.54 Å². The Morgan fingerprint density at radius 3 is 2.94 bits per heavy atom. The molecule has 1 aromatic rings. The van der Waals surface area contributed by atoms with Gasteiger partial charge in [0.05, 0.1) is 0 Å². The molecule has 0 radical (unpaired) electrons. The van der Waals surface area contributed by atoms with Crippen LogP contribution in [-0.2, 0) is 6.42 Å². The van der Waals surface area contributed by atoms with Crippen LogP contribution in [0.5, 0.6) is 0 Å². The molecule has 0 amide bonds. The van der Waals surface area contributed by atoms with Crippen LogP contribution in [0.15, 0.2) is 24.3 Å². The Morgan fingerprint density at radius 1 is 1.44 bits per heavy atom. The van der Waals surface area contributed by atoms with Crippen molar-refractivity contribution in [2.45, 2.75) is 38.3 Å². The van der Waals surface area contributed by atoms with E-state index in [1.165, 1.54) is 30.4 Å². The quantitative estimate of drug-likeness (QED) is 0.852. The average Bonchev–Trinajstić information content (AvgIpc) is 2.26. The molecule has 2 rings (SSSR count). The first-order valence-electron chi connectivity index (χ1n) is 5.84. The zero-order valence-corrected chi connectivity index (χ0v) is 10.6. The number of halogens is 1. The van der Waals surface area contributed by atoms with Gasteiger partial charge in [-0.3, -0.25) is 0 Å². The number of benzene rings is 1. The predicted molar refractivity (Wildman–Crippen MR) is 71.0 cm³/mol. The second kappa shape index (κ2) is 6.24. The van der Waals surface area contributed by atoms with Crippen molar-refractivity contribution in [1.29, 1.82) is 0 Å². The maximum atomic E-state index is 5.77. The Balaban J connectivity index is 0.00000128. The van der Waals surface area contributed by atoms with Crippen molar-refractivity contribution >= 4 is 12.4 Å².